The van der Waals surface area contributed by atoms with Crippen molar-refractivity contribution in [2.45, 2.75) is 42.1 Å². The van der Waals surface area contributed by atoms with Gasteiger partial charge in [-0.3, -0.25) is 9.48 Å². The van der Waals surface area contributed by atoms with E-state index in [-0.39, 0.29) is 11.9 Å². The van der Waals surface area contributed by atoms with Crippen LogP contribution >= 0.6 is 11.8 Å². The number of carbonyl (C=O) groups excluding carboxylic acids is 1. The molecule has 26 heavy (non-hydrogen) atoms. The van der Waals surface area contributed by atoms with Gasteiger partial charge in [0.2, 0.25) is 0 Å². The molecule has 1 fully saturated rings. The maximum absolute atomic E-state index is 12.7. The van der Waals surface area contributed by atoms with Crippen LogP contribution in [0.25, 0.3) is 10.9 Å². The van der Waals surface area contributed by atoms with Gasteiger partial charge in [-0.05, 0) is 31.7 Å². The van der Waals surface area contributed by atoms with Crippen molar-refractivity contribution in [2.75, 3.05) is 0 Å². The Labute approximate surface area is 157 Å². The van der Waals surface area contributed by atoms with E-state index < -0.39 is 0 Å². The summed E-state index contributed by atoms with van der Waals surface area (Å²) in [5.74, 6) is -0.0676. The minimum Gasteiger partial charge on any atom is -0.348 e. The molecule has 2 aromatic heterocycles. The number of aryl methyl sites for hydroxylation is 2. The van der Waals surface area contributed by atoms with Crippen molar-refractivity contribution in [1.29, 1.82) is 0 Å². The van der Waals surface area contributed by atoms with Crippen LogP contribution in [0.2, 0.25) is 0 Å². The van der Waals surface area contributed by atoms with Crippen molar-refractivity contribution in [3.8, 4) is 0 Å². The molecule has 1 saturated carbocycles. The van der Waals surface area contributed by atoms with Gasteiger partial charge in [0, 0.05) is 43.2 Å². The number of nitrogens with zero attached hydrogens (tertiary/aromatic N) is 4. The Balaban J connectivity index is 1.36. The summed E-state index contributed by atoms with van der Waals surface area (Å²) in [7, 11) is 3.90. The second-order valence-electron chi connectivity index (χ2n) is 6.88. The van der Waals surface area contributed by atoms with Gasteiger partial charge in [-0.1, -0.05) is 30.0 Å². The lowest BCUT2D eigenvalue weighted by Crippen LogP contribution is -2.38. The molecule has 1 aliphatic rings. The zero-order valence-electron chi connectivity index (χ0n) is 15.1. The average Bonchev–Trinajstić information content (AvgIpc) is 3.21. The van der Waals surface area contributed by atoms with Crippen LogP contribution in [0.1, 0.15) is 36.2 Å². The number of amides is 1. The van der Waals surface area contributed by atoms with E-state index in [1.165, 1.54) is 0 Å². The van der Waals surface area contributed by atoms with Gasteiger partial charge < -0.3 is 9.88 Å². The molecule has 0 radical (unpaired) electrons. The second kappa shape index (κ2) is 7.15. The molecule has 1 aromatic carbocycles. The van der Waals surface area contributed by atoms with Crippen LogP contribution in [-0.4, -0.2) is 36.5 Å². The molecule has 0 bridgehead atoms. The maximum Gasteiger partial charge on any atom is 0.272 e. The fourth-order valence-electron chi connectivity index (χ4n) is 3.57. The van der Waals surface area contributed by atoms with Gasteiger partial charge in [0.05, 0.1) is 5.52 Å². The summed E-state index contributed by atoms with van der Waals surface area (Å²) in [6.45, 7) is 0. The van der Waals surface area contributed by atoms with E-state index in [2.05, 4.69) is 20.0 Å². The number of fused-ring (bicyclic) bond motifs is 1. The summed E-state index contributed by atoms with van der Waals surface area (Å²) < 4.78 is 3.83. The van der Waals surface area contributed by atoms with Crippen LogP contribution < -0.4 is 5.32 Å². The van der Waals surface area contributed by atoms with E-state index in [0.717, 1.165) is 41.7 Å². The van der Waals surface area contributed by atoms with E-state index >= 15 is 0 Å². The first-order chi connectivity index (χ1) is 12.6. The summed E-state index contributed by atoms with van der Waals surface area (Å²) in [6, 6.07) is 8.07. The monoisotopic (exact) mass is 369 g/mol. The van der Waals surface area contributed by atoms with E-state index in [1.807, 2.05) is 62.5 Å². The number of para-hydroxylation sites is 1. The lowest BCUT2D eigenvalue weighted by Gasteiger charge is -2.28. The zero-order chi connectivity index (χ0) is 18.1. The third-order valence-corrected chi connectivity index (χ3v) is 6.44. The predicted molar refractivity (Wildman–Crippen MR) is 103 cm³/mol. The highest BCUT2D eigenvalue weighted by Crippen LogP contribution is 2.32. The topological polar surface area (TPSA) is 64.7 Å². The van der Waals surface area contributed by atoms with Crippen molar-refractivity contribution in [2.24, 2.45) is 14.1 Å². The summed E-state index contributed by atoms with van der Waals surface area (Å²) in [5, 5.41) is 10.2. The van der Waals surface area contributed by atoms with Gasteiger partial charge >= 0.3 is 0 Å². The van der Waals surface area contributed by atoms with Crippen molar-refractivity contribution >= 4 is 28.6 Å². The Morgan fingerprint density at radius 2 is 1.96 bits per heavy atom. The molecule has 0 spiro atoms. The van der Waals surface area contributed by atoms with E-state index in [0.29, 0.717) is 10.9 Å². The third-order valence-electron chi connectivity index (χ3n) is 5.03. The molecule has 1 aliphatic carbocycles. The zero-order valence-corrected chi connectivity index (χ0v) is 15.9. The van der Waals surface area contributed by atoms with Crippen LogP contribution in [0.5, 0.6) is 0 Å². The highest BCUT2D eigenvalue weighted by Gasteiger charge is 2.25. The molecule has 0 atom stereocenters. The van der Waals surface area contributed by atoms with Crippen molar-refractivity contribution in [3.63, 3.8) is 0 Å². The fourth-order valence-corrected chi connectivity index (χ4v) is 4.73. The molecule has 7 heteroatoms. The normalized spacial score (nSPS) is 20.4. The molecule has 0 aliphatic heterocycles. The molecular weight excluding hydrogens is 346 g/mol. The molecule has 6 nitrogen and oxygen atoms in total. The SMILES string of the molecule is Cn1ccnc1SC1CCC(NC(=O)c2nn(C)c3ccccc23)CC1. The number of rotatable bonds is 4. The Bertz CT molecular complexity index is 923. The maximum atomic E-state index is 12.7. The number of aromatic nitrogens is 4. The van der Waals surface area contributed by atoms with Gasteiger partial charge in [0.15, 0.2) is 10.9 Å². The van der Waals surface area contributed by atoms with Crippen LogP contribution in [0.3, 0.4) is 0 Å². The second-order valence-corrected chi connectivity index (χ2v) is 8.14. The smallest absolute Gasteiger partial charge is 0.272 e. The van der Waals surface area contributed by atoms with Gasteiger partial charge in [-0.25, -0.2) is 4.98 Å². The highest BCUT2D eigenvalue weighted by atomic mass is 32.2. The van der Waals surface area contributed by atoms with Crippen molar-refractivity contribution < 1.29 is 4.79 Å². The summed E-state index contributed by atoms with van der Waals surface area (Å²) in [6.07, 6.45) is 7.99. The summed E-state index contributed by atoms with van der Waals surface area (Å²) >= 11 is 1.84. The Morgan fingerprint density at radius 3 is 2.69 bits per heavy atom. The van der Waals surface area contributed by atoms with Gasteiger partial charge in [-0.15, -0.1) is 0 Å². The predicted octanol–water partition coefficient (Wildman–Crippen LogP) is 3.14. The number of carbonyl (C=O) groups is 1. The van der Waals surface area contributed by atoms with Gasteiger partial charge in [0.1, 0.15) is 0 Å². The Kier molecular flexibility index (Phi) is 4.72. The van der Waals surface area contributed by atoms with Crippen LogP contribution in [0.15, 0.2) is 41.8 Å². The summed E-state index contributed by atoms with van der Waals surface area (Å²) in [5.41, 5.74) is 1.50. The first-order valence-electron chi connectivity index (χ1n) is 8.98. The molecule has 0 saturated heterocycles. The molecule has 1 N–H and O–H groups in total. The molecule has 0 unspecified atom stereocenters. The minimum atomic E-state index is -0.0676. The fraction of sp³-hybridized carbons (Fsp3) is 0.421. The first-order valence-corrected chi connectivity index (χ1v) is 9.86. The van der Waals surface area contributed by atoms with Crippen LogP contribution in [0, 0.1) is 0 Å². The van der Waals surface area contributed by atoms with Crippen molar-refractivity contribution in [3.05, 3.63) is 42.4 Å². The van der Waals surface area contributed by atoms with E-state index in [4.69, 9.17) is 0 Å². The molecule has 1 amide bonds. The van der Waals surface area contributed by atoms with Gasteiger partial charge in [0.25, 0.3) is 5.91 Å². The van der Waals surface area contributed by atoms with Gasteiger partial charge in [-0.2, -0.15) is 5.10 Å². The van der Waals surface area contributed by atoms with Crippen LogP contribution in [-0.2, 0) is 14.1 Å². The quantitative estimate of drug-likeness (QED) is 0.767. The molecular formula is C19H23N5OS. The molecule has 3 aromatic rings. The van der Waals surface area contributed by atoms with Crippen LogP contribution in [0.4, 0.5) is 0 Å². The number of imidazole rings is 1. The van der Waals surface area contributed by atoms with E-state index in [1.54, 1.807) is 4.68 Å². The Morgan fingerprint density at radius 1 is 1.19 bits per heavy atom. The number of hydrogen-bond acceptors (Lipinski definition) is 4. The van der Waals surface area contributed by atoms with Crippen molar-refractivity contribution in [1.82, 2.24) is 24.6 Å². The lowest BCUT2D eigenvalue weighted by molar-refractivity contribution is 0.0924. The molecule has 4 rings (SSSR count). The Hall–Kier alpha value is -2.28. The number of nitrogens with one attached hydrogen (secondary N) is 1. The molecule has 136 valence electrons. The number of benzene rings is 1. The summed E-state index contributed by atoms with van der Waals surface area (Å²) in [4.78, 5) is 17.1. The largest absolute Gasteiger partial charge is 0.348 e. The highest BCUT2D eigenvalue weighted by molar-refractivity contribution is 7.99. The lowest BCUT2D eigenvalue weighted by atomic mass is 9.95. The molecule has 2 heterocycles. The third kappa shape index (κ3) is 3.35. The average molecular weight is 369 g/mol. The van der Waals surface area contributed by atoms with E-state index in [9.17, 15) is 4.79 Å². The minimum absolute atomic E-state index is 0.0676. The number of thioether (sulfide) groups is 1. The number of hydrogen-bond donors (Lipinski definition) is 1. The first kappa shape index (κ1) is 17.1. The standard InChI is InChI=1S/C19H23N5OS/c1-23-12-11-20-19(23)26-14-9-7-13(8-10-14)21-18(25)17-15-5-3-4-6-16(15)24(2)22-17/h3-6,11-14H,7-10H2,1-2H3,(H,21,25).